The van der Waals surface area contributed by atoms with Crippen LogP contribution in [0.15, 0.2) is 36.4 Å². The van der Waals surface area contributed by atoms with E-state index in [0.29, 0.717) is 6.54 Å². The molecule has 0 unspecified atom stereocenters. The minimum atomic E-state index is 0.553. The largest absolute Gasteiger partial charge is 0.326 e. The number of hydrogen-bond acceptors (Lipinski definition) is 3. The maximum Gasteiger partial charge on any atom is 0.133 e. The Labute approximate surface area is 127 Å². The van der Waals surface area contributed by atoms with Crippen LogP contribution in [0.3, 0.4) is 0 Å². The van der Waals surface area contributed by atoms with Crippen LogP contribution in [0.1, 0.15) is 37.1 Å². The smallest absolute Gasteiger partial charge is 0.133 e. The molecule has 3 nitrogen and oxygen atoms in total. The first-order chi connectivity index (χ1) is 10.2. The molecular formula is C18H25N3. The number of anilines is 2. The lowest BCUT2D eigenvalue weighted by Gasteiger charge is -2.25. The van der Waals surface area contributed by atoms with E-state index in [4.69, 9.17) is 10.7 Å². The molecule has 1 aromatic carbocycles. The Balaban J connectivity index is 2.46. The van der Waals surface area contributed by atoms with E-state index in [9.17, 15) is 0 Å². The van der Waals surface area contributed by atoms with Gasteiger partial charge in [-0.25, -0.2) is 4.98 Å². The minimum Gasteiger partial charge on any atom is -0.326 e. The topological polar surface area (TPSA) is 42.1 Å². The molecule has 0 spiro atoms. The first kappa shape index (κ1) is 15.5. The maximum atomic E-state index is 5.85. The minimum absolute atomic E-state index is 0.553. The zero-order valence-corrected chi connectivity index (χ0v) is 13.3. The fourth-order valence-corrected chi connectivity index (χ4v) is 2.60. The number of nitrogens with two attached hydrogens (primary N) is 1. The van der Waals surface area contributed by atoms with Crippen LogP contribution in [0.2, 0.25) is 0 Å². The maximum absolute atomic E-state index is 5.85. The summed E-state index contributed by atoms with van der Waals surface area (Å²) in [7, 11) is 0. The van der Waals surface area contributed by atoms with Crippen molar-refractivity contribution in [3.8, 4) is 0 Å². The van der Waals surface area contributed by atoms with Gasteiger partial charge in [-0.2, -0.15) is 0 Å². The molecule has 0 saturated heterocycles. The van der Waals surface area contributed by atoms with Crippen molar-refractivity contribution in [2.75, 3.05) is 11.4 Å². The highest BCUT2D eigenvalue weighted by Crippen LogP contribution is 2.27. The average Bonchev–Trinajstić information content (AvgIpc) is 2.50. The Morgan fingerprint density at radius 3 is 2.52 bits per heavy atom. The van der Waals surface area contributed by atoms with Crippen molar-refractivity contribution in [1.29, 1.82) is 0 Å². The highest BCUT2D eigenvalue weighted by atomic mass is 15.2. The van der Waals surface area contributed by atoms with Gasteiger partial charge < -0.3 is 10.6 Å². The van der Waals surface area contributed by atoms with Gasteiger partial charge in [0.15, 0.2) is 0 Å². The van der Waals surface area contributed by atoms with Gasteiger partial charge in [-0.3, -0.25) is 0 Å². The molecule has 0 atom stereocenters. The number of aryl methyl sites for hydroxylation is 2. The second-order valence-electron chi connectivity index (χ2n) is 5.31. The van der Waals surface area contributed by atoms with Crippen LogP contribution in [-0.4, -0.2) is 11.5 Å². The molecule has 0 aliphatic rings. The Morgan fingerprint density at radius 1 is 1.14 bits per heavy atom. The molecule has 1 heterocycles. The lowest BCUT2D eigenvalue weighted by atomic mass is 10.1. The molecule has 2 aromatic rings. The molecule has 2 rings (SSSR count). The van der Waals surface area contributed by atoms with Gasteiger partial charge >= 0.3 is 0 Å². The fourth-order valence-electron chi connectivity index (χ4n) is 2.60. The van der Waals surface area contributed by atoms with Crippen molar-refractivity contribution in [3.05, 3.63) is 53.2 Å². The lowest BCUT2D eigenvalue weighted by Crippen LogP contribution is -2.19. The molecule has 1 aromatic heterocycles. The first-order valence-electron chi connectivity index (χ1n) is 7.72. The van der Waals surface area contributed by atoms with Gasteiger partial charge in [0.25, 0.3) is 0 Å². The summed E-state index contributed by atoms with van der Waals surface area (Å²) in [6.45, 7) is 7.91. The summed E-state index contributed by atoms with van der Waals surface area (Å²) in [6.07, 6.45) is 2.09. The van der Waals surface area contributed by atoms with Crippen molar-refractivity contribution in [3.63, 3.8) is 0 Å². The van der Waals surface area contributed by atoms with Gasteiger partial charge in [-0.1, -0.05) is 31.5 Å². The Hall–Kier alpha value is -1.87. The first-order valence-corrected chi connectivity index (χ1v) is 7.72. The van der Waals surface area contributed by atoms with Crippen molar-refractivity contribution in [2.24, 2.45) is 5.73 Å². The summed E-state index contributed by atoms with van der Waals surface area (Å²) in [5, 5.41) is 0. The predicted molar refractivity (Wildman–Crippen MR) is 90.0 cm³/mol. The Bertz CT molecular complexity index is 593. The van der Waals surface area contributed by atoms with Gasteiger partial charge in [0.05, 0.1) is 0 Å². The number of aromatic nitrogens is 1. The predicted octanol–water partition coefficient (Wildman–Crippen LogP) is 3.96. The number of pyridine rings is 1. The SMILES string of the molecule is CCCc1cc(CN)cc(N(CC)c2ccccc2C)n1. The van der Waals surface area contributed by atoms with Crippen LogP contribution in [0, 0.1) is 6.92 Å². The van der Waals surface area contributed by atoms with Crippen LogP contribution in [0.4, 0.5) is 11.5 Å². The summed E-state index contributed by atoms with van der Waals surface area (Å²) >= 11 is 0. The third kappa shape index (κ3) is 3.61. The molecular weight excluding hydrogens is 258 g/mol. The van der Waals surface area contributed by atoms with E-state index in [2.05, 4.69) is 62.1 Å². The van der Waals surface area contributed by atoms with E-state index < -0.39 is 0 Å². The van der Waals surface area contributed by atoms with Crippen molar-refractivity contribution < 1.29 is 0 Å². The van der Waals surface area contributed by atoms with E-state index in [-0.39, 0.29) is 0 Å². The van der Waals surface area contributed by atoms with Crippen LogP contribution in [-0.2, 0) is 13.0 Å². The van der Waals surface area contributed by atoms with Gasteiger partial charge in [-0.05, 0) is 49.6 Å². The third-order valence-corrected chi connectivity index (χ3v) is 3.67. The van der Waals surface area contributed by atoms with Crippen LogP contribution in [0.5, 0.6) is 0 Å². The van der Waals surface area contributed by atoms with Crippen molar-refractivity contribution in [2.45, 2.75) is 40.2 Å². The van der Waals surface area contributed by atoms with Crippen LogP contribution >= 0.6 is 0 Å². The molecule has 0 radical (unpaired) electrons. The molecule has 0 bridgehead atoms. The summed E-state index contributed by atoms with van der Waals surface area (Å²) < 4.78 is 0. The van der Waals surface area contributed by atoms with E-state index in [0.717, 1.165) is 36.5 Å². The normalized spacial score (nSPS) is 10.7. The highest BCUT2D eigenvalue weighted by molar-refractivity contribution is 5.64. The number of hydrogen-bond donors (Lipinski definition) is 1. The lowest BCUT2D eigenvalue weighted by molar-refractivity contribution is 0.862. The second-order valence-corrected chi connectivity index (χ2v) is 5.31. The van der Waals surface area contributed by atoms with Gasteiger partial charge in [0.1, 0.15) is 5.82 Å². The number of para-hydroxylation sites is 1. The van der Waals surface area contributed by atoms with E-state index in [1.165, 1.54) is 11.3 Å². The quantitative estimate of drug-likeness (QED) is 0.872. The molecule has 0 aliphatic carbocycles. The average molecular weight is 283 g/mol. The third-order valence-electron chi connectivity index (χ3n) is 3.67. The molecule has 0 fully saturated rings. The number of benzene rings is 1. The van der Waals surface area contributed by atoms with Crippen molar-refractivity contribution >= 4 is 11.5 Å². The van der Waals surface area contributed by atoms with Gasteiger partial charge in [0, 0.05) is 24.5 Å². The second kappa shape index (κ2) is 7.23. The molecule has 2 N–H and O–H groups in total. The fraction of sp³-hybridized carbons (Fsp3) is 0.389. The van der Waals surface area contributed by atoms with E-state index in [1.54, 1.807) is 0 Å². The van der Waals surface area contributed by atoms with E-state index in [1.807, 2.05) is 0 Å². The molecule has 112 valence electrons. The highest BCUT2D eigenvalue weighted by Gasteiger charge is 2.12. The summed E-state index contributed by atoms with van der Waals surface area (Å²) in [5.41, 5.74) is 10.6. The molecule has 21 heavy (non-hydrogen) atoms. The summed E-state index contributed by atoms with van der Waals surface area (Å²) in [5.74, 6) is 0.998. The zero-order chi connectivity index (χ0) is 15.2. The zero-order valence-electron chi connectivity index (χ0n) is 13.3. The Kier molecular flexibility index (Phi) is 5.34. The van der Waals surface area contributed by atoms with E-state index >= 15 is 0 Å². The summed E-state index contributed by atoms with van der Waals surface area (Å²) in [6, 6.07) is 12.7. The van der Waals surface area contributed by atoms with Crippen LogP contribution in [0.25, 0.3) is 0 Å². The van der Waals surface area contributed by atoms with Gasteiger partial charge in [-0.15, -0.1) is 0 Å². The van der Waals surface area contributed by atoms with Crippen LogP contribution < -0.4 is 10.6 Å². The number of rotatable bonds is 6. The standard InChI is InChI=1S/C18H25N3/c1-4-8-16-11-15(13-19)12-18(20-16)21(5-2)17-10-7-6-9-14(17)3/h6-7,9-12H,4-5,8,13,19H2,1-3H3. The molecule has 0 amide bonds. The summed E-state index contributed by atoms with van der Waals surface area (Å²) in [4.78, 5) is 7.09. The number of nitrogens with zero attached hydrogens (tertiary/aromatic N) is 2. The Morgan fingerprint density at radius 2 is 1.90 bits per heavy atom. The van der Waals surface area contributed by atoms with Crippen molar-refractivity contribution in [1.82, 2.24) is 4.98 Å². The molecule has 0 saturated carbocycles. The monoisotopic (exact) mass is 283 g/mol. The molecule has 0 aliphatic heterocycles. The van der Waals surface area contributed by atoms with Gasteiger partial charge in [0.2, 0.25) is 0 Å². The molecule has 3 heteroatoms.